The standard InChI is InChI=1S/C20H27N3/c1-2-9-20(19-13-6-7-14-21-19)22-17-10-8-15-23(16-17)18-11-4-3-5-12-18/h3-7,11-14,17,20,22H,2,8-10,15-16H2,1H3/t17-,20-/m0/s1. The van der Waals surface area contributed by atoms with Crippen molar-refractivity contribution < 1.29 is 0 Å². The van der Waals surface area contributed by atoms with Crippen LogP contribution in [0.5, 0.6) is 0 Å². The van der Waals surface area contributed by atoms with Crippen LogP contribution in [0.25, 0.3) is 0 Å². The van der Waals surface area contributed by atoms with E-state index in [0.717, 1.165) is 19.5 Å². The van der Waals surface area contributed by atoms with Crippen LogP contribution in [0.4, 0.5) is 5.69 Å². The predicted molar refractivity (Wildman–Crippen MR) is 96.7 cm³/mol. The van der Waals surface area contributed by atoms with Crippen molar-refractivity contribution in [3.63, 3.8) is 0 Å². The Morgan fingerprint density at radius 2 is 2.00 bits per heavy atom. The molecule has 0 unspecified atom stereocenters. The second kappa shape index (κ2) is 8.11. The van der Waals surface area contributed by atoms with Crippen molar-refractivity contribution in [2.24, 2.45) is 0 Å². The Hall–Kier alpha value is -1.87. The molecule has 1 N–H and O–H groups in total. The molecule has 1 saturated heterocycles. The summed E-state index contributed by atoms with van der Waals surface area (Å²) >= 11 is 0. The van der Waals surface area contributed by atoms with Gasteiger partial charge in [0.05, 0.1) is 5.69 Å². The first-order valence-electron chi connectivity index (χ1n) is 8.84. The SMILES string of the molecule is CCC[C@H](N[C@H]1CCCN(c2ccccc2)C1)c1ccccn1. The molecule has 2 heterocycles. The Morgan fingerprint density at radius 3 is 2.74 bits per heavy atom. The van der Waals surface area contributed by atoms with Gasteiger partial charge in [0.15, 0.2) is 0 Å². The Kier molecular flexibility index (Phi) is 5.65. The van der Waals surface area contributed by atoms with Crippen molar-refractivity contribution in [3.8, 4) is 0 Å². The van der Waals surface area contributed by atoms with E-state index < -0.39 is 0 Å². The fourth-order valence-electron chi connectivity index (χ4n) is 3.46. The van der Waals surface area contributed by atoms with Gasteiger partial charge in [0.2, 0.25) is 0 Å². The third kappa shape index (κ3) is 4.32. The van der Waals surface area contributed by atoms with Crippen molar-refractivity contribution in [3.05, 3.63) is 60.4 Å². The number of rotatable bonds is 6. The lowest BCUT2D eigenvalue weighted by Gasteiger charge is -2.36. The van der Waals surface area contributed by atoms with Crippen LogP contribution < -0.4 is 10.2 Å². The molecule has 3 rings (SSSR count). The largest absolute Gasteiger partial charge is 0.370 e. The lowest BCUT2D eigenvalue weighted by molar-refractivity contribution is 0.360. The maximum absolute atomic E-state index is 4.56. The molecule has 1 aliphatic heterocycles. The normalized spacial score (nSPS) is 19.5. The van der Waals surface area contributed by atoms with Crippen LogP contribution in [0.15, 0.2) is 54.7 Å². The van der Waals surface area contributed by atoms with E-state index in [-0.39, 0.29) is 0 Å². The third-order valence-corrected chi connectivity index (χ3v) is 4.60. The summed E-state index contributed by atoms with van der Waals surface area (Å²) in [6.07, 6.45) is 6.70. The molecule has 0 bridgehead atoms. The summed E-state index contributed by atoms with van der Waals surface area (Å²) in [7, 11) is 0. The molecule has 3 heteroatoms. The number of para-hydroxylation sites is 1. The molecule has 1 fully saturated rings. The minimum atomic E-state index is 0.363. The summed E-state index contributed by atoms with van der Waals surface area (Å²) in [6.45, 7) is 4.48. The van der Waals surface area contributed by atoms with Crippen molar-refractivity contribution >= 4 is 5.69 Å². The van der Waals surface area contributed by atoms with Crippen LogP contribution in [-0.4, -0.2) is 24.1 Å². The molecule has 2 atom stereocenters. The fraction of sp³-hybridized carbons (Fsp3) is 0.450. The molecule has 0 spiro atoms. The molecule has 1 aromatic carbocycles. The Bertz CT molecular complexity index is 570. The summed E-state index contributed by atoms with van der Waals surface area (Å²) in [6, 6.07) is 17.9. The van der Waals surface area contributed by atoms with Gasteiger partial charge in [-0.3, -0.25) is 4.98 Å². The van der Waals surface area contributed by atoms with E-state index in [4.69, 9.17) is 0 Å². The molecule has 3 nitrogen and oxygen atoms in total. The zero-order valence-electron chi connectivity index (χ0n) is 14.0. The number of piperidine rings is 1. The molecule has 2 aromatic rings. The van der Waals surface area contributed by atoms with Gasteiger partial charge in [-0.2, -0.15) is 0 Å². The monoisotopic (exact) mass is 309 g/mol. The first kappa shape index (κ1) is 16.0. The van der Waals surface area contributed by atoms with Crippen LogP contribution in [0.1, 0.15) is 44.3 Å². The lowest BCUT2D eigenvalue weighted by atomic mass is 10.0. The molecule has 0 saturated carbocycles. The van der Waals surface area contributed by atoms with Crippen LogP contribution in [0, 0.1) is 0 Å². The second-order valence-corrected chi connectivity index (χ2v) is 6.38. The van der Waals surface area contributed by atoms with E-state index in [2.05, 4.69) is 64.6 Å². The van der Waals surface area contributed by atoms with Gasteiger partial charge in [-0.05, 0) is 43.5 Å². The van der Waals surface area contributed by atoms with Gasteiger partial charge in [-0.15, -0.1) is 0 Å². The topological polar surface area (TPSA) is 28.2 Å². The molecule has 23 heavy (non-hydrogen) atoms. The van der Waals surface area contributed by atoms with Gasteiger partial charge in [-0.1, -0.05) is 37.6 Å². The molecule has 1 aromatic heterocycles. The molecule has 0 amide bonds. The van der Waals surface area contributed by atoms with Gasteiger partial charge in [-0.25, -0.2) is 0 Å². The van der Waals surface area contributed by atoms with Crippen molar-refractivity contribution in [1.82, 2.24) is 10.3 Å². The van der Waals surface area contributed by atoms with Gasteiger partial charge in [0.25, 0.3) is 0 Å². The van der Waals surface area contributed by atoms with Crippen molar-refractivity contribution in [2.75, 3.05) is 18.0 Å². The maximum Gasteiger partial charge on any atom is 0.0573 e. The number of hydrogen-bond donors (Lipinski definition) is 1. The van der Waals surface area contributed by atoms with E-state index in [9.17, 15) is 0 Å². The van der Waals surface area contributed by atoms with E-state index in [0.29, 0.717) is 12.1 Å². The smallest absolute Gasteiger partial charge is 0.0573 e. The highest BCUT2D eigenvalue weighted by Gasteiger charge is 2.23. The summed E-state index contributed by atoms with van der Waals surface area (Å²) in [5.74, 6) is 0. The molecular formula is C20H27N3. The van der Waals surface area contributed by atoms with E-state index in [1.165, 1.54) is 30.6 Å². The second-order valence-electron chi connectivity index (χ2n) is 6.38. The van der Waals surface area contributed by atoms with Gasteiger partial charge in [0, 0.05) is 37.1 Å². The minimum absolute atomic E-state index is 0.363. The van der Waals surface area contributed by atoms with Gasteiger partial charge >= 0.3 is 0 Å². The highest BCUT2D eigenvalue weighted by atomic mass is 15.2. The lowest BCUT2D eigenvalue weighted by Crippen LogP contribution is -2.47. The van der Waals surface area contributed by atoms with E-state index in [1.807, 2.05) is 12.3 Å². The quantitative estimate of drug-likeness (QED) is 0.867. The highest BCUT2D eigenvalue weighted by molar-refractivity contribution is 5.46. The zero-order chi connectivity index (χ0) is 15.9. The van der Waals surface area contributed by atoms with Crippen molar-refractivity contribution in [1.29, 1.82) is 0 Å². The third-order valence-electron chi connectivity index (χ3n) is 4.60. The molecule has 1 aliphatic rings. The Morgan fingerprint density at radius 1 is 1.17 bits per heavy atom. The number of hydrogen-bond acceptors (Lipinski definition) is 3. The first-order valence-corrected chi connectivity index (χ1v) is 8.84. The number of nitrogens with one attached hydrogen (secondary N) is 1. The average molecular weight is 309 g/mol. The summed E-state index contributed by atoms with van der Waals surface area (Å²) < 4.78 is 0. The maximum atomic E-state index is 4.56. The number of benzene rings is 1. The Balaban J connectivity index is 1.66. The molecule has 122 valence electrons. The zero-order valence-corrected chi connectivity index (χ0v) is 14.0. The number of aromatic nitrogens is 1. The fourth-order valence-corrected chi connectivity index (χ4v) is 3.46. The summed E-state index contributed by atoms with van der Waals surface area (Å²) in [5.41, 5.74) is 2.51. The van der Waals surface area contributed by atoms with Crippen molar-refractivity contribution in [2.45, 2.75) is 44.7 Å². The predicted octanol–water partition coefficient (Wildman–Crippen LogP) is 4.18. The van der Waals surface area contributed by atoms with Gasteiger partial charge < -0.3 is 10.2 Å². The summed E-state index contributed by atoms with van der Waals surface area (Å²) in [5, 5.41) is 3.87. The average Bonchev–Trinajstić information content (AvgIpc) is 2.63. The Labute approximate surface area is 139 Å². The minimum Gasteiger partial charge on any atom is -0.370 e. The summed E-state index contributed by atoms with van der Waals surface area (Å²) in [4.78, 5) is 7.07. The first-order chi connectivity index (χ1) is 11.4. The van der Waals surface area contributed by atoms with Crippen LogP contribution >= 0.6 is 0 Å². The van der Waals surface area contributed by atoms with Crippen LogP contribution in [0.2, 0.25) is 0 Å². The highest BCUT2D eigenvalue weighted by Crippen LogP contribution is 2.23. The molecule has 0 radical (unpaired) electrons. The molecular weight excluding hydrogens is 282 g/mol. The number of anilines is 1. The number of pyridine rings is 1. The van der Waals surface area contributed by atoms with Gasteiger partial charge in [0.1, 0.15) is 0 Å². The van der Waals surface area contributed by atoms with Crippen LogP contribution in [0.3, 0.4) is 0 Å². The van der Waals surface area contributed by atoms with Crippen LogP contribution in [-0.2, 0) is 0 Å². The van der Waals surface area contributed by atoms with E-state index in [1.54, 1.807) is 0 Å². The van der Waals surface area contributed by atoms with E-state index >= 15 is 0 Å². The molecule has 0 aliphatic carbocycles. The number of nitrogens with zero attached hydrogens (tertiary/aromatic N) is 2.